The van der Waals surface area contributed by atoms with Crippen LogP contribution in [0.5, 0.6) is 0 Å². The molecule has 1 heterocycles. The molecule has 0 bridgehead atoms. The number of hydrogen-bond acceptors (Lipinski definition) is 5. The Kier molecular flexibility index (Phi) is 9.01. The summed E-state index contributed by atoms with van der Waals surface area (Å²) >= 11 is 0. The zero-order chi connectivity index (χ0) is 27.9. The van der Waals surface area contributed by atoms with Crippen LogP contribution in [-0.2, 0) is 19.2 Å². The van der Waals surface area contributed by atoms with E-state index in [1.54, 1.807) is 69.3 Å². The summed E-state index contributed by atoms with van der Waals surface area (Å²) in [4.78, 5) is 66.6. The summed E-state index contributed by atoms with van der Waals surface area (Å²) in [5, 5.41) is 11.2. The molecule has 0 saturated heterocycles. The van der Waals surface area contributed by atoms with Crippen molar-refractivity contribution < 1.29 is 24.0 Å². The maximum absolute atomic E-state index is 12.9. The largest absolute Gasteiger partial charge is 0.360 e. The van der Waals surface area contributed by atoms with Crippen molar-refractivity contribution in [3.05, 3.63) is 66.4 Å². The first kappa shape index (κ1) is 28.1. The van der Waals surface area contributed by atoms with Gasteiger partial charge in [0, 0.05) is 47.2 Å². The molecule has 4 amide bonds. The van der Waals surface area contributed by atoms with E-state index in [2.05, 4.69) is 26.3 Å². The van der Waals surface area contributed by atoms with Crippen molar-refractivity contribution in [2.24, 2.45) is 0 Å². The first-order valence-electron chi connectivity index (χ1n) is 12.3. The summed E-state index contributed by atoms with van der Waals surface area (Å²) in [7, 11) is 0. The van der Waals surface area contributed by atoms with Gasteiger partial charge in [-0.15, -0.1) is 0 Å². The summed E-state index contributed by atoms with van der Waals surface area (Å²) in [6.07, 6.45) is 0.906. The number of fused-ring (bicyclic) bond motifs is 1. The second-order valence-corrected chi connectivity index (χ2v) is 10.1. The highest BCUT2D eigenvalue weighted by Gasteiger charge is 2.27. The van der Waals surface area contributed by atoms with Gasteiger partial charge >= 0.3 is 0 Å². The summed E-state index contributed by atoms with van der Waals surface area (Å²) in [5.74, 6) is -3.12. The molecule has 2 aromatic carbocycles. The number of rotatable bonds is 10. The second-order valence-electron chi connectivity index (χ2n) is 10.1. The van der Waals surface area contributed by atoms with Crippen LogP contribution in [0, 0.1) is 0 Å². The van der Waals surface area contributed by atoms with E-state index in [1.807, 2.05) is 6.07 Å². The number of Topliss-reactive ketones (excluding diaryl/α,β-unsaturated/α-hetero) is 1. The lowest BCUT2D eigenvalue weighted by molar-refractivity contribution is -0.127. The Hall–Kier alpha value is -4.47. The summed E-state index contributed by atoms with van der Waals surface area (Å²) < 4.78 is 0. The molecule has 2 atom stereocenters. The molecule has 0 aliphatic carbocycles. The number of carbonyl (C=O) groups excluding carboxylic acids is 5. The highest BCUT2D eigenvalue weighted by molar-refractivity contribution is 6.45. The van der Waals surface area contributed by atoms with Gasteiger partial charge < -0.3 is 26.3 Å². The monoisotopic (exact) mass is 519 g/mol. The number of nitrogens with one attached hydrogen (secondary N) is 5. The maximum atomic E-state index is 12.9. The molecule has 0 saturated carbocycles. The van der Waals surface area contributed by atoms with Crippen molar-refractivity contribution in [3.8, 4) is 0 Å². The van der Waals surface area contributed by atoms with Gasteiger partial charge in [0.1, 0.15) is 6.04 Å². The molecule has 0 aliphatic heterocycles. The van der Waals surface area contributed by atoms with E-state index in [-0.39, 0.29) is 18.4 Å². The third-order valence-corrected chi connectivity index (χ3v) is 5.57. The minimum Gasteiger partial charge on any atom is -0.360 e. The topological polar surface area (TPSA) is 149 Å². The van der Waals surface area contributed by atoms with Gasteiger partial charge in [-0.1, -0.05) is 36.4 Å². The average molecular weight is 520 g/mol. The number of amides is 4. The molecule has 0 radical (unpaired) electrons. The zero-order valence-electron chi connectivity index (χ0n) is 21.9. The molecule has 0 fully saturated rings. The Morgan fingerprint density at radius 1 is 0.842 bits per heavy atom. The summed E-state index contributed by atoms with van der Waals surface area (Å²) in [5.41, 5.74) is 0.939. The average Bonchev–Trinajstić information content (AvgIpc) is 3.26. The first-order valence-corrected chi connectivity index (χ1v) is 12.3. The minimum atomic E-state index is -0.983. The van der Waals surface area contributed by atoms with Crippen molar-refractivity contribution in [2.75, 3.05) is 5.32 Å². The van der Waals surface area contributed by atoms with Gasteiger partial charge in [-0.05, 0) is 45.9 Å². The molecule has 5 N–H and O–H groups in total. The van der Waals surface area contributed by atoms with Crippen LogP contribution in [0.25, 0.3) is 10.9 Å². The van der Waals surface area contributed by atoms with E-state index in [0.29, 0.717) is 16.6 Å². The van der Waals surface area contributed by atoms with E-state index in [4.69, 9.17) is 0 Å². The van der Waals surface area contributed by atoms with Gasteiger partial charge in [-0.2, -0.15) is 0 Å². The number of benzene rings is 2. The number of anilines is 1. The molecule has 10 nitrogen and oxygen atoms in total. The number of aromatic amines is 1. The Balaban J connectivity index is 1.67. The molecule has 3 aromatic rings. The lowest BCUT2D eigenvalue weighted by Crippen LogP contribution is -2.49. The highest BCUT2D eigenvalue weighted by atomic mass is 16.2. The lowest BCUT2D eigenvalue weighted by atomic mass is 10.0. The predicted octanol–water partition coefficient (Wildman–Crippen LogP) is 2.67. The number of H-pyrrole nitrogens is 1. The molecular formula is C28H33N5O5. The van der Waals surface area contributed by atoms with Crippen LogP contribution in [0.1, 0.15) is 50.9 Å². The molecule has 38 heavy (non-hydrogen) atoms. The standard InChI is InChI=1S/C28H33N5O5/c1-17(26(37)31-18-10-6-5-7-11-18)30-23(34)14-19(15-24(35)33-28(2,3)4)32-27(38)25(36)21-16-29-22-13-9-8-12-20(21)22/h5-13,16-17,19,29H,14-15H2,1-4H3,(H,30,34)(H,31,37)(H,32,38)(H,33,35)/t17-,19?/m0/s1. The molecular weight excluding hydrogens is 486 g/mol. The van der Waals surface area contributed by atoms with Gasteiger partial charge in [0.25, 0.3) is 11.7 Å². The van der Waals surface area contributed by atoms with Crippen molar-refractivity contribution in [1.82, 2.24) is 20.9 Å². The molecule has 0 aliphatic rings. The molecule has 10 heteroatoms. The number of hydrogen-bond donors (Lipinski definition) is 5. The van der Waals surface area contributed by atoms with Crippen LogP contribution in [0.3, 0.4) is 0 Å². The third kappa shape index (κ3) is 8.02. The third-order valence-electron chi connectivity index (χ3n) is 5.57. The molecule has 0 spiro atoms. The van der Waals surface area contributed by atoms with Crippen LogP contribution in [0.15, 0.2) is 60.8 Å². The van der Waals surface area contributed by atoms with E-state index >= 15 is 0 Å². The number of ketones is 1. The van der Waals surface area contributed by atoms with Crippen molar-refractivity contribution in [2.45, 2.75) is 58.2 Å². The van der Waals surface area contributed by atoms with Crippen LogP contribution >= 0.6 is 0 Å². The second kappa shape index (κ2) is 12.2. The Labute approximate surface area is 220 Å². The van der Waals surface area contributed by atoms with Gasteiger partial charge in [0.05, 0.1) is 5.56 Å². The van der Waals surface area contributed by atoms with E-state index in [1.165, 1.54) is 13.1 Å². The molecule has 1 unspecified atom stereocenters. The Bertz CT molecular complexity index is 1330. The van der Waals surface area contributed by atoms with Gasteiger partial charge in [-0.3, -0.25) is 24.0 Å². The van der Waals surface area contributed by atoms with Crippen LogP contribution in [0.4, 0.5) is 5.69 Å². The van der Waals surface area contributed by atoms with E-state index < -0.39 is 47.0 Å². The highest BCUT2D eigenvalue weighted by Crippen LogP contribution is 2.18. The fraction of sp³-hybridized carbons (Fsp3) is 0.321. The van der Waals surface area contributed by atoms with Gasteiger partial charge in [-0.25, -0.2) is 0 Å². The Morgan fingerprint density at radius 2 is 1.47 bits per heavy atom. The van der Waals surface area contributed by atoms with Crippen LogP contribution in [-0.4, -0.2) is 52.0 Å². The number of carbonyl (C=O) groups is 5. The summed E-state index contributed by atoms with van der Waals surface area (Å²) in [6, 6.07) is 14.0. The number of para-hydroxylation sites is 2. The molecule has 3 rings (SSSR count). The van der Waals surface area contributed by atoms with E-state index in [0.717, 1.165) is 0 Å². The first-order chi connectivity index (χ1) is 17.9. The number of aromatic nitrogens is 1. The van der Waals surface area contributed by atoms with E-state index in [9.17, 15) is 24.0 Å². The fourth-order valence-corrected chi connectivity index (χ4v) is 3.86. The van der Waals surface area contributed by atoms with Crippen molar-refractivity contribution >= 4 is 46.0 Å². The van der Waals surface area contributed by atoms with Gasteiger partial charge in [0.15, 0.2) is 0 Å². The van der Waals surface area contributed by atoms with Crippen molar-refractivity contribution in [3.63, 3.8) is 0 Å². The zero-order valence-corrected chi connectivity index (χ0v) is 21.9. The van der Waals surface area contributed by atoms with Crippen molar-refractivity contribution in [1.29, 1.82) is 0 Å². The normalized spacial score (nSPS) is 12.7. The summed E-state index contributed by atoms with van der Waals surface area (Å²) in [6.45, 7) is 6.94. The molecule has 200 valence electrons. The van der Waals surface area contributed by atoms with Crippen LogP contribution in [0.2, 0.25) is 0 Å². The smallest absolute Gasteiger partial charge is 0.292 e. The lowest BCUT2D eigenvalue weighted by Gasteiger charge is -2.24. The Morgan fingerprint density at radius 3 is 2.16 bits per heavy atom. The fourth-order valence-electron chi connectivity index (χ4n) is 3.86. The van der Waals surface area contributed by atoms with Crippen LogP contribution < -0.4 is 21.3 Å². The maximum Gasteiger partial charge on any atom is 0.292 e. The predicted molar refractivity (Wildman–Crippen MR) is 144 cm³/mol. The SMILES string of the molecule is C[C@H](NC(=O)CC(CC(=O)NC(C)(C)C)NC(=O)C(=O)c1c[nH]c2ccccc12)C(=O)Nc1ccccc1. The van der Waals surface area contributed by atoms with Gasteiger partial charge in [0.2, 0.25) is 17.7 Å². The quantitative estimate of drug-likeness (QED) is 0.206. The molecule has 1 aromatic heterocycles. The minimum absolute atomic E-state index is 0.187.